The molecule has 2 aromatic rings. The van der Waals surface area contributed by atoms with Crippen LogP contribution in [0.2, 0.25) is 10.0 Å². The summed E-state index contributed by atoms with van der Waals surface area (Å²) in [6.07, 6.45) is -0.634. The fraction of sp³-hybridized carbons (Fsp3) is 0.278. The van der Waals surface area contributed by atoms with Gasteiger partial charge >= 0.3 is 0 Å². The van der Waals surface area contributed by atoms with Crippen LogP contribution in [0.1, 0.15) is 24.5 Å². The van der Waals surface area contributed by atoms with Crippen molar-refractivity contribution >= 4 is 40.5 Å². The van der Waals surface area contributed by atoms with E-state index in [2.05, 4.69) is 0 Å². The number of piperidine rings is 1. The van der Waals surface area contributed by atoms with Crippen LogP contribution in [0.25, 0.3) is 0 Å². The van der Waals surface area contributed by atoms with Crippen molar-refractivity contribution in [3.8, 4) is 0 Å². The van der Waals surface area contributed by atoms with Crippen molar-refractivity contribution < 1.29 is 19.2 Å². The molecule has 1 aliphatic heterocycles. The van der Waals surface area contributed by atoms with Gasteiger partial charge < -0.3 is 10.0 Å². The lowest BCUT2D eigenvalue weighted by atomic mass is 9.87. The van der Waals surface area contributed by atoms with Crippen LogP contribution in [0.4, 0.5) is 15.8 Å². The molecule has 142 valence electrons. The van der Waals surface area contributed by atoms with Gasteiger partial charge in [-0.15, -0.1) is 0 Å². The zero-order valence-electron chi connectivity index (χ0n) is 13.9. The number of carbonyl (C=O) groups excluding carboxylic acids is 1. The molecule has 0 radical (unpaired) electrons. The Labute approximate surface area is 164 Å². The summed E-state index contributed by atoms with van der Waals surface area (Å²) in [5, 5.41) is 21.4. The molecule has 6 nitrogen and oxygen atoms in total. The molecule has 1 aliphatic rings. The predicted octanol–water partition coefficient (Wildman–Crippen LogP) is 4.52. The molecule has 0 bridgehead atoms. The Morgan fingerprint density at radius 3 is 2.48 bits per heavy atom. The number of non-ortho nitro benzene ring substituents is 1. The maximum Gasteiger partial charge on any atom is 0.272 e. The second-order valence-corrected chi connectivity index (χ2v) is 7.10. The zero-order valence-corrected chi connectivity index (χ0v) is 15.5. The Hall–Kier alpha value is -2.22. The maximum atomic E-state index is 14.0. The quantitative estimate of drug-likeness (QED) is 0.590. The van der Waals surface area contributed by atoms with Crippen molar-refractivity contribution in [2.24, 2.45) is 5.92 Å². The molecule has 1 fully saturated rings. The first-order valence-corrected chi connectivity index (χ1v) is 8.91. The van der Waals surface area contributed by atoms with Crippen LogP contribution in [-0.2, 0) is 4.79 Å². The Kier molecular flexibility index (Phi) is 5.64. The first-order chi connectivity index (χ1) is 12.8. The van der Waals surface area contributed by atoms with Crippen LogP contribution in [0.15, 0.2) is 36.4 Å². The third-order valence-corrected chi connectivity index (χ3v) is 5.18. The molecule has 1 N–H and O–H groups in total. The topological polar surface area (TPSA) is 83.7 Å². The van der Waals surface area contributed by atoms with Crippen molar-refractivity contribution in [1.29, 1.82) is 0 Å². The number of anilines is 1. The predicted molar refractivity (Wildman–Crippen MR) is 99.6 cm³/mol. The summed E-state index contributed by atoms with van der Waals surface area (Å²) in [7, 11) is 0. The van der Waals surface area contributed by atoms with Gasteiger partial charge in [0.2, 0.25) is 5.91 Å². The number of hydrogen-bond acceptors (Lipinski definition) is 4. The molecule has 0 aromatic heterocycles. The molecule has 3 rings (SSSR count). The largest absolute Gasteiger partial charge is 0.388 e. The number of aliphatic hydroxyl groups excluding tert-OH is 1. The van der Waals surface area contributed by atoms with Gasteiger partial charge in [0.25, 0.3) is 5.69 Å². The van der Waals surface area contributed by atoms with Crippen LogP contribution >= 0.6 is 23.2 Å². The molecular weight excluding hydrogens is 398 g/mol. The number of hydrogen-bond donors (Lipinski definition) is 1. The van der Waals surface area contributed by atoms with Crippen molar-refractivity contribution in [3.63, 3.8) is 0 Å². The molecule has 1 heterocycles. The highest BCUT2D eigenvalue weighted by molar-refractivity contribution is 6.40. The third kappa shape index (κ3) is 3.90. The molecule has 0 aliphatic carbocycles. The second kappa shape index (κ2) is 7.80. The average molecular weight is 413 g/mol. The molecular formula is C18H15Cl2FN2O4. The van der Waals surface area contributed by atoms with Gasteiger partial charge in [0.15, 0.2) is 0 Å². The van der Waals surface area contributed by atoms with E-state index in [9.17, 15) is 24.4 Å². The van der Waals surface area contributed by atoms with Gasteiger partial charge in [-0.25, -0.2) is 4.39 Å². The fourth-order valence-corrected chi connectivity index (χ4v) is 3.91. The normalized spacial score (nSPS) is 18.4. The van der Waals surface area contributed by atoms with E-state index < -0.39 is 22.8 Å². The highest BCUT2D eigenvalue weighted by Crippen LogP contribution is 2.41. The van der Waals surface area contributed by atoms with E-state index in [1.165, 1.54) is 23.1 Å². The van der Waals surface area contributed by atoms with E-state index in [1.807, 2.05) is 0 Å². The first kappa shape index (κ1) is 19.5. The Morgan fingerprint density at radius 2 is 1.89 bits per heavy atom. The van der Waals surface area contributed by atoms with Crippen LogP contribution in [0.3, 0.4) is 0 Å². The maximum absolute atomic E-state index is 14.0. The minimum atomic E-state index is -1.11. The summed E-state index contributed by atoms with van der Waals surface area (Å²) in [4.78, 5) is 24.0. The van der Waals surface area contributed by atoms with E-state index in [1.54, 1.807) is 6.07 Å². The minimum absolute atomic E-state index is 0.0384. The molecule has 1 saturated heterocycles. The summed E-state index contributed by atoms with van der Waals surface area (Å²) >= 11 is 12.3. The van der Waals surface area contributed by atoms with Crippen LogP contribution in [0.5, 0.6) is 0 Å². The summed E-state index contributed by atoms with van der Waals surface area (Å²) in [6, 6.07) is 8.14. The van der Waals surface area contributed by atoms with E-state index in [4.69, 9.17) is 23.2 Å². The van der Waals surface area contributed by atoms with Gasteiger partial charge in [-0.05, 0) is 12.5 Å². The number of nitro benzene ring substituents is 1. The lowest BCUT2D eigenvalue weighted by Crippen LogP contribution is -2.42. The molecule has 2 unspecified atom stereocenters. The highest BCUT2D eigenvalue weighted by Gasteiger charge is 2.35. The van der Waals surface area contributed by atoms with Gasteiger partial charge in [-0.2, -0.15) is 0 Å². The SMILES string of the molecule is O=C1CCC(C(O)c2ccccc2F)CN1c1c(Cl)cc([N+](=O)[O-])cc1Cl. The van der Waals surface area contributed by atoms with Gasteiger partial charge in [-0.1, -0.05) is 41.4 Å². The summed E-state index contributed by atoms with van der Waals surface area (Å²) in [6.45, 7) is 0.0611. The number of nitro groups is 1. The summed E-state index contributed by atoms with van der Waals surface area (Å²) < 4.78 is 14.0. The van der Waals surface area contributed by atoms with Crippen LogP contribution < -0.4 is 4.90 Å². The van der Waals surface area contributed by atoms with E-state index in [0.29, 0.717) is 6.42 Å². The van der Waals surface area contributed by atoms with E-state index in [-0.39, 0.29) is 45.9 Å². The number of nitrogens with zero attached hydrogens (tertiary/aromatic N) is 2. The monoisotopic (exact) mass is 412 g/mol. The molecule has 2 aromatic carbocycles. The van der Waals surface area contributed by atoms with Crippen LogP contribution in [0, 0.1) is 21.8 Å². The molecule has 0 spiro atoms. The van der Waals surface area contributed by atoms with E-state index in [0.717, 1.165) is 12.1 Å². The van der Waals surface area contributed by atoms with Crippen molar-refractivity contribution in [1.82, 2.24) is 0 Å². The summed E-state index contributed by atoms with van der Waals surface area (Å²) in [5.74, 6) is -1.24. The standard InChI is InChI=1S/C18H15Cl2FN2O4/c19-13-7-11(23(26)27)8-14(20)17(13)22-9-10(5-6-16(22)24)18(25)12-3-1-2-4-15(12)21/h1-4,7-8,10,18,25H,5-6,9H2. The number of amides is 1. The Morgan fingerprint density at radius 1 is 1.26 bits per heavy atom. The molecule has 9 heteroatoms. The van der Waals surface area contributed by atoms with Crippen molar-refractivity contribution in [2.45, 2.75) is 18.9 Å². The number of rotatable bonds is 4. The fourth-order valence-electron chi connectivity index (χ4n) is 3.23. The van der Waals surface area contributed by atoms with E-state index >= 15 is 0 Å². The number of benzene rings is 2. The molecule has 2 atom stereocenters. The lowest BCUT2D eigenvalue weighted by Gasteiger charge is -2.35. The van der Waals surface area contributed by atoms with Crippen molar-refractivity contribution in [2.75, 3.05) is 11.4 Å². The Balaban J connectivity index is 1.92. The van der Waals surface area contributed by atoms with Crippen LogP contribution in [-0.4, -0.2) is 22.5 Å². The van der Waals surface area contributed by atoms with Gasteiger partial charge in [0.05, 0.1) is 26.8 Å². The molecule has 1 amide bonds. The van der Waals surface area contributed by atoms with Gasteiger partial charge in [-0.3, -0.25) is 14.9 Å². The molecule has 27 heavy (non-hydrogen) atoms. The third-order valence-electron chi connectivity index (χ3n) is 4.60. The zero-order chi connectivity index (χ0) is 19.7. The average Bonchev–Trinajstić information content (AvgIpc) is 2.62. The smallest absolute Gasteiger partial charge is 0.272 e. The minimum Gasteiger partial charge on any atom is -0.388 e. The first-order valence-electron chi connectivity index (χ1n) is 8.16. The summed E-state index contributed by atoms with van der Waals surface area (Å²) in [5.41, 5.74) is 0.0122. The van der Waals surface area contributed by atoms with Crippen molar-refractivity contribution in [3.05, 3.63) is 67.9 Å². The van der Waals surface area contributed by atoms with Gasteiger partial charge in [0.1, 0.15) is 5.82 Å². The molecule has 0 saturated carbocycles. The number of halogens is 3. The van der Waals surface area contributed by atoms with Gasteiger partial charge in [0, 0.05) is 36.6 Å². The second-order valence-electron chi connectivity index (χ2n) is 6.28. The lowest BCUT2D eigenvalue weighted by molar-refractivity contribution is -0.384. The number of aliphatic hydroxyl groups is 1. The Bertz CT molecular complexity index is 886. The number of carbonyl (C=O) groups is 1. The highest BCUT2D eigenvalue weighted by atomic mass is 35.5.